The molecule has 1 N–H and O–H groups in total. The first-order valence-electron chi connectivity index (χ1n) is 5.17. The maximum absolute atomic E-state index is 5.26. The highest BCUT2D eigenvalue weighted by molar-refractivity contribution is 9.10. The van der Waals surface area contributed by atoms with E-state index in [9.17, 15) is 0 Å². The first-order valence-corrected chi connectivity index (χ1v) is 6.78. The lowest BCUT2D eigenvalue weighted by molar-refractivity contribution is 0.158. The quantitative estimate of drug-likeness (QED) is 0.858. The van der Waals surface area contributed by atoms with Crippen molar-refractivity contribution in [3.05, 3.63) is 22.7 Å². The zero-order valence-electron chi connectivity index (χ0n) is 9.00. The van der Waals surface area contributed by atoms with Gasteiger partial charge in [-0.25, -0.2) is 4.98 Å². The molecule has 1 aromatic heterocycles. The second-order valence-corrected chi connectivity index (χ2v) is 5.20. The van der Waals surface area contributed by atoms with Gasteiger partial charge >= 0.3 is 0 Å². The van der Waals surface area contributed by atoms with Gasteiger partial charge in [-0.15, -0.1) is 0 Å². The molecular weight excluding hydrogens is 288 g/mol. The van der Waals surface area contributed by atoms with Crippen LogP contribution in [0.5, 0.6) is 0 Å². The Morgan fingerprint density at radius 3 is 3.19 bits per heavy atom. The summed E-state index contributed by atoms with van der Waals surface area (Å²) in [6.07, 6.45) is 0. The van der Waals surface area contributed by atoms with Crippen LogP contribution in [0.3, 0.4) is 0 Å². The van der Waals surface area contributed by atoms with Crippen LogP contribution in [-0.4, -0.2) is 24.7 Å². The Morgan fingerprint density at radius 2 is 2.38 bits per heavy atom. The molecule has 1 heterocycles. The zero-order valence-corrected chi connectivity index (χ0v) is 11.4. The molecule has 0 saturated carbocycles. The van der Waals surface area contributed by atoms with Gasteiger partial charge in [0.05, 0.1) is 16.8 Å². The minimum Gasteiger partial charge on any atom is -0.380 e. The van der Waals surface area contributed by atoms with E-state index in [-0.39, 0.29) is 0 Å². The Kier molecular flexibility index (Phi) is 4.15. The van der Waals surface area contributed by atoms with Gasteiger partial charge < -0.3 is 10.1 Å². The number of hydrogen-bond donors (Lipinski definition) is 1. The average molecular weight is 301 g/mol. The average Bonchev–Trinajstić information content (AvgIpc) is 2.66. The van der Waals surface area contributed by atoms with E-state index >= 15 is 0 Å². The Morgan fingerprint density at radius 1 is 1.50 bits per heavy atom. The lowest BCUT2D eigenvalue weighted by Crippen LogP contribution is -2.08. The molecule has 2 aromatic rings. The number of nitrogens with zero attached hydrogens (tertiary/aromatic N) is 1. The van der Waals surface area contributed by atoms with Crippen LogP contribution in [0.2, 0.25) is 0 Å². The Balaban J connectivity index is 2.02. The molecule has 0 aliphatic carbocycles. The van der Waals surface area contributed by atoms with Crippen molar-refractivity contribution in [3.63, 3.8) is 0 Å². The number of rotatable bonds is 5. The van der Waals surface area contributed by atoms with Gasteiger partial charge in [0.25, 0.3) is 0 Å². The van der Waals surface area contributed by atoms with E-state index in [1.165, 1.54) is 4.70 Å². The Labute approximate surface area is 107 Å². The summed E-state index contributed by atoms with van der Waals surface area (Å²) in [5.74, 6) is 0. The van der Waals surface area contributed by atoms with Crippen LogP contribution in [0.1, 0.15) is 6.92 Å². The number of hydrogen-bond acceptors (Lipinski definition) is 4. The summed E-state index contributed by atoms with van der Waals surface area (Å²) in [5.41, 5.74) is 1.03. The summed E-state index contributed by atoms with van der Waals surface area (Å²) in [6, 6.07) is 6.11. The van der Waals surface area contributed by atoms with Crippen molar-refractivity contribution in [1.82, 2.24) is 4.98 Å². The van der Waals surface area contributed by atoms with Crippen molar-refractivity contribution >= 4 is 42.6 Å². The summed E-state index contributed by atoms with van der Waals surface area (Å²) < 4.78 is 7.53. The van der Waals surface area contributed by atoms with Crippen LogP contribution in [0.15, 0.2) is 22.7 Å². The fourth-order valence-electron chi connectivity index (χ4n) is 1.35. The molecule has 0 fully saturated rings. The predicted octanol–water partition coefficient (Wildman–Crippen LogP) is 3.51. The van der Waals surface area contributed by atoms with E-state index in [0.717, 1.165) is 34.9 Å². The van der Waals surface area contributed by atoms with Gasteiger partial charge in [0.2, 0.25) is 0 Å². The lowest BCUT2D eigenvalue weighted by atomic mass is 10.3. The van der Waals surface area contributed by atoms with Crippen LogP contribution < -0.4 is 5.32 Å². The molecule has 0 radical (unpaired) electrons. The summed E-state index contributed by atoms with van der Waals surface area (Å²) >= 11 is 5.12. The van der Waals surface area contributed by atoms with Gasteiger partial charge in [-0.2, -0.15) is 0 Å². The monoisotopic (exact) mass is 300 g/mol. The van der Waals surface area contributed by atoms with Gasteiger partial charge in [-0.3, -0.25) is 0 Å². The summed E-state index contributed by atoms with van der Waals surface area (Å²) in [7, 11) is 0. The molecule has 3 nitrogen and oxygen atoms in total. The third-order valence-corrected chi connectivity index (χ3v) is 3.55. The maximum Gasteiger partial charge on any atom is 0.183 e. The van der Waals surface area contributed by atoms with Gasteiger partial charge in [-0.05, 0) is 25.1 Å². The fourth-order valence-corrected chi connectivity index (χ4v) is 2.79. The number of fused-ring (bicyclic) bond motifs is 1. The van der Waals surface area contributed by atoms with Crippen LogP contribution in [0.4, 0.5) is 5.13 Å². The molecule has 86 valence electrons. The maximum atomic E-state index is 5.26. The van der Waals surface area contributed by atoms with E-state index in [2.05, 4.69) is 32.3 Å². The van der Waals surface area contributed by atoms with Crippen LogP contribution in [-0.2, 0) is 4.74 Å². The number of thiazole rings is 1. The molecule has 0 aliphatic heterocycles. The Bertz CT molecular complexity index is 472. The molecule has 0 unspecified atom stereocenters. The second kappa shape index (κ2) is 5.61. The largest absolute Gasteiger partial charge is 0.380 e. The number of aromatic nitrogens is 1. The predicted molar refractivity (Wildman–Crippen MR) is 72.3 cm³/mol. The van der Waals surface area contributed by atoms with Crippen molar-refractivity contribution in [2.24, 2.45) is 0 Å². The molecule has 5 heteroatoms. The molecule has 0 spiro atoms. The number of nitrogens with one attached hydrogen (secondary N) is 1. The molecular formula is C11H13BrN2OS. The highest BCUT2D eigenvalue weighted by Crippen LogP contribution is 2.28. The molecule has 1 aromatic carbocycles. The minimum atomic E-state index is 0.718. The molecule has 0 atom stereocenters. The number of benzene rings is 1. The molecule has 16 heavy (non-hydrogen) atoms. The molecule has 0 aliphatic rings. The third kappa shape index (κ3) is 2.93. The zero-order chi connectivity index (χ0) is 11.4. The van der Waals surface area contributed by atoms with E-state index < -0.39 is 0 Å². The van der Waals surface area contributed by atoms with Crippen LogP contribution in [0, 0.1) is 0 Å². The second-order valence-electron chi connectivity index (χ2n) is 3.25. The van der Waals surface area contributed by atoms with Gasteiger partial charge in [-0.1, -0.05) is 27.3 Å². The number of ether oxygens (including phenoxy) is 1. The van der Waals surface area contributed by atoms with E-state index in [4.69, 9.17) is 4.74 Å². The topological polar surface area (TPSA) is 34.1 Å². The van der Waals surface area contributed by atoms with Crippen molar-refractivity contribution in [2.45, 2.75) is 6.92 Å². The first-order chi connectivity index (χ1) is 7.79. The van der Waals surface area contributed by atoms with Crippen molar-refractivity contribution in [3.8, 4) is 0 Å². The summed E-state index contributed by atoms with van der Waals surface area (Å²) in [4.78, 5) is 4.48. The molecule has 0 amide bonds. The van der Waals surface area contributed by atoms with Crippen molar-refractivity contribution < 1.29 is 4.74 Å². The van der Waals surface area contributed by atoms with E-state index in [1.54, 1.807) is 11.3 Å². The minimum absolute atomic E-state index is 0.718. The highest BCUT2D eigenvalue weighted by atomic mass is 79.9. The summed E-state index contributed by atoms with van der Waals surface area (Å²) in [5, 5.41) is 4.21. The third-order valence-electron chi connectivity index (χ3n) is 2.08. The highest BCUT2D eigenvalue weighted by Gasteiger charge is 2.03. The standard InChI is InChI=1S/C11H13BrN2OS/c1-2-15-6-5-13-11-14-9-4-3-8(12)7-10(9)16-11/h3-4,7H,2,5-6H2,1H3,(H,13,14). The molecule has 0 bridgehead atoms. The van der Waals surface area contributed by atoms with E-state index in [0.29, 0.717) is 0 Å². The van der Waals surface area contributed by atoms with Crippen molar-refractivity contribution in [1.29, 1.82) is 0 Å². The van der Waals surface area contributed by atoms with Crippen LogP contribution in [0.25, 0.3) is 10.2 Å². The van der Waals surface area contributed by atoms with Gasteiger partial charge in [0.1, 0.15) is 0 Å². The molecule has 0 saturated heterocycles. The summed E-state index contributed by atoms with van der Waals surface area (Å²) in [6.45, 7) is 4.27. The first kappa shape index (κ1) is 11.8. The molecule has 2 rings (SSSR count). The van der Waals surface area contributed by atoms with Crippen molar-refractivity contribution in [2.75, 3.05) is 25.1 Å². The normalized spacial score (nSPS) is 10.9. The Hall–Kier alpha value is -0.650. The van der Waals surface area contributed by atoms with Gasteiger partial charge in [0.15, 0.2) is 5.13 Å². The smallest absolute Gasteiger partial charge is 0.183 e. The lowest BCUT2D eigenvalue weighted by Gasteiger charge is -2.01. The van der Waals surface area contributed by atoms with Gasteiger partial charge in [0, 0.05) is 17.6 Å². The number of halogens is 1. The van der Waals surface area contributed by atoms with E-state index in [1.807, 2.05) is 19.1 Å². The van der Waals surface area contributed by atoms with Crippen LogP contribution >= 0.6 is 27.3 Å². The SMILES string of the molecule is CCOCCNc1nc2ccc(Br)cc2s1. The fraction of sp³-hybridized carbons (Fsp3) is 0.364. The number of anilines is 1.